The van der Waals surface area contributed by atoms with Gasteiger partial charge in [0.2, 0.25) is 5.91 Å². The Bertz CT molecular complexity index is 1050. The summed E-state index contributed by atoms with van der Waals surface area (Å²) in [6, 6.07) is 7.03. The third kappa shape index (κ3) is 4.93. The van der Waals surface area contributed by atoms with Crippen molar-refractivity contribution in [2.45, 2.75) is 37.3 Å². The van der Waals surface area contributed by atoms with Crippen LogP contribution in [0.2, 0.25) is 0 Å². The largest absolute Gasteiger partial charge is 0.530 e. The molecule has 0 spiro atoms. The van der Waals surface area contributed by atoms with Crippen LogP contribution in [0.1, 0.15) is 28.8 Å². The van der Waals surface area contributed by atoms with Gasteiger partial charge < -0.3 is 25.3 Å². The number of rotatable bonds is 7. The van der Waals surface area contributed by atoms with E-state index in [4.69, 9.17) is 0 Å². The molecular weight excluding hydrogens is 446 g/mol. The van der Waals surface area contributed by atoms with Crippen LogP contribution in [0.25, 0.3) is 0 Å². The molecule has 3 atom stereocenters. The summed E-state index contributed by atoms with van der Waals surface area (Å²) in [6.07, 6.45) is -2.05. The minimum absolute atomic E-state index is 0.0646. The first-order valence-corrected chi connectivity index (χ1v) is 10.2. The number of hydrogen-bond acceptors (Lipinski definition) is 5. The molecule has 2 N–H and O–H groups in total. The highest BCUT2D eigenvalue weighted by molar-refractivity contribution is 5.84. The minimum atomic E-state index is -2.99. The molecule has 1 saturated heterocycles. The van der Waals surface area contributed by atoms with Crippen LogP contribution in [0.4, 0.5) is 22.4 Å². The summed E-state index contributed by atoms with van der Waals surface area (Å²) in [5.74, 6) is -2.48. The number of carbonyl (C=O) groups is 2. The van der Waals surface area contributed by atoms with Gasteiger partial charge in [-0.25, -0.2) is 8.78 Å². The maximum absolute atomic E-state index is 14.6. The normalized spacial score (nSPS) is 21.4. The van der Waals surface area contributed by atoms with Gasteiger partial charge in [-0.1, -0.05) is 30.3 Å². The summed E-state index contributed by atoms with van der Waals surface area (Å²) in [7, 11) is 0. The summed E-state index contributed by atoms with van der Waals surface area (Å²) in [5.41, 5.74) is 1.36. The van der Waals surface area contributed by atoms with Crippen molar-refractivity contribution in [2.75, 3.05) is 13.1 Å². The Balaban J connectivity index is 1.57. The number of ether oxygens (including phenoxy) is 1. The summed E-state index contributed by atoms with van der Waals surface area (Å²) >= 11 is 0. The van der Waals surface area contributed by atoms with E-state index in [0.29, 0.717) is 18.1 Å². The fraction of sp³-hybridized carbons (Fsp3) is 0.364. The summed E-state index contributed by atoms with van der Waals surface area (Å²) in [6.45, 7) is -3.11. The lowest BCUT2D eigenvalue weighted by Crippen LogP contribution is -2.58. The van der Waals surface area contributed by atoms with Crippen molar-refractivity contribution in [1.29, 1.82) is 0 Å². The predicted octanol–water partition coefficient (Wildman–Crippen LogP) is 1.64. The molecule has 7 nitrogen and oxygen atoms in total. The summed E-state index contributed by atoms with van der Waals surface area (Å²) in [4.78, 5) is 25.9. The fourth-order valence-corrected chi connectivity index (χ4v) is 4.44. The molecule has 2 aliphatic rings. The second kappa shape index (κ2) is 9.36. The van der Waals surface area contributed by atoms with Crippen LogP contribution in [0.3, 0.4) is 0 Å². The van der Waals surface area contributed by atoms with Gasteiger partial charge in [0.05, 0.1) is 18.2 Å². The molecule has 1 heterocycles. The van der Waals surface area contributed by atoms with E-state index in [-0.39, 0.29) is 18.7 Å². The lowest BCUT2D eigenvalue weighted by atomic mass is 9.98. The highest BCUT2D eigenvalue weighted by atomic mass is 19.3. The minimum Gasteiger partial charge on any atom is -0.530 e. The van der Waals surface area contributed by atoms with Gasteiger partial charge in [0.1, 0.15) is 23.8 Å². The van der Waals surface area contributed by atoms with E-state index in [0.717, 1.165) is 17.7 Å². The quantitative estimate of drug-likeness (QED) is 0.606. The van der Waals surface area contributed by atoms with Gasteiger partial charge in [0.25, 0.3) is 0 Å². The fourth-order valence-electron chi connectivity index (χ4n) is 4.44. The SMILES string of the molecule is O=C([O-])N[C@H]1c2ccccc2C[C@@H]1NC(=O)C(c1ccc(F)cc1F)N1CC(OC(F)F)C1. The molecule has 1 fully saturated rings. The van der Waals surface area contributed by atoms with Crippen LogP contribution < -0.4 is 15.7 Å². The molecule has 0 radical (unpaired) electrons. The number of nitrogens with one attached hydrogen (secondary N) is 2. The average Bonchev–Trinajstić information content (AvgIpc) is 3.04. The van der Waals surface area contributed by atoms with Gasteiger partial charge in [0, 0.05) is 24.7 Å². The van der Waals surface area contributed by atoms with Gasteiger partial charge in [-0.2, -0.15) is 8.78 Å². The van der Waals surface area contributed by atoms with Crippen molar-refractivity contribution in [3.05, 3.63) is 70.8 Å². The van der Waals surface area contributed by atoms with Gasteiger partial charge in [-0.3, -0.25) is 9.69 Å². The van der Waals surface area contributed by atoms with Crippen LogP contribution in [0.5, 0.6) is 0 Å². The topological polar surface area (TPSA) is 93.7 Å². The zero-order chi connectivity index (χ0) is 23.7. The Hall–Kier alpha value is -3.18. The van der Waals surface area contributed by atoms with E-state index >= 15 is 0 Å². The van der Waals surface area contributed by atoms with Crippen molar-refractivity contribution in [3.63, 3.8) is 0 Å². The summed E-state index contributed by atoms with van der Waals surface area (Å²) < 4.78 is 57.4. The standard InChI is InChI=1S/C22H21F4N3O4/c23-12-5-6-15(16(24)8-12)19(29-9-13(10-29)33-21(25)26)20(30)27-17-7-11-3-1-2-4-14(11)18(17)28-22(31)32/h1-6,8,13,17-19,21,28H,7,9-10H2,(H,27,30)(H,31,32)/p-1/t17-,18-,19?/m0/s1. The zero-order valence-electron chi connectivity index (χ0n) is 17.1. The Morgan fingerprint density at radius 3 is 2.48 bits per heavy atom. The number of likely N-dealkylation sites (tertiary alicyclic amines) is 1. The van der Waals surface area contributed by atoms with Gasteiger partial charge >= 0.3 is 6.61 Å². The molecule has 0 bridgehead atoms. The van der Waals surface area contributed by atoms with Gasteiger partial charge in [-0.05, 0) is 23.6 Å². The Morgan fingerprint density at radius 1 is 1.09 bits per heavy atom. The van der Waals surface area contributed by atoms with Gasteiger partial charge in [-0.15, -0.1) is 0 Å². The molecule has 0 aromatic heterocycles. The van der Waals surface area contributed by atoms with Crippen molar-refractivity contribution in [3.8, 4) is 0 Å². The first-order chi connectivity index (χ1) is 15.7. The number of carbonyl (C=O) groups excluding carboxylic acids is 2. The molecule has 1 unspecified atom stereocenters. The Labute approximate surface area is 186 Å². The second-order valence-electron chi connectivity index (χ2n) is 7.97. The maximum Gasteiger partial charge on any atom is 0.345 e. The summed E-state index contributed by atoms with van der Waals surface area (Å²) in [5, 5.41) is 16.2. The predicted molar refractivity (Wildman–Crippen MR) is 105 cm³/mol. The number of amides is 2. The van der Waals surface area contributed by atoms with Crippen LogP contribution in [-0.4, -0.2) is 48.7 Å². The van der Waals surface area contributed by atoms with Gasteiger partial charge in [0.15, 0.2) is 0 Å². The van der Waals surface area contributed by atoms with Crippen LogP contribution in [0.15, 0.2) is 42.5 Å². The van der Waals surface area contributed by atoms with Crippen molar-refractivity contribution >= 4 is 12.0 Å². The first kappa shape index (κ1) is 23.0. The molecule has 2 aromatic carbocycles. The molecule has 0 saturated carbocycles. The lowest BCUT2D eigenvalue weighted by molar-refractivity contribution is -0.252. The number of fused-ring (bicyclic) bond motifs is 1. The Kier molecular flexibility index (Phi) is 6.52. The average molecular weight is 466 g/mol. The highest BCUT2D eigenvalue weighted by Crippen LogP contribution is 2.34. The van der Waals surface area contributed by atoms with Crippen molar-refractivity contribution in [2.24, 2.45) is 0 Å². The molecule has 2 amide bonds. The number of halogens is 4. The molecular formula is C22H20F4N3O4-. The molecule has 33 heavy (non-hydrogen) atoms. The van der Waals surface area contributed by atoms with Crippen molar-refractivity contribution < 1.29 is 37.0 Å². The van der Waals surface area contributed by atoms with E-state index in [1.807, 2.05) is 0 Å². The monoisotopic (exact) mass is 466 g/mol. The first-order valence-electron chi connectivity index (χ1n) is 10.2. The smallest absolute Gasteiger partial charge is 0.345 e. The van der Waals surface area contributed by atoms with Crippen molar-refractivity contribution in [1.82, 2.24) is 15.5 Å². The van der Waals surface area contributed by atoms with Crippen LogP contribution in [0, 0.1) is 11.6 Å². The van der Waals surface area contributed by atoms with Crippen LogP contribution >= 0.6 is 0 Å². The zero-order valence-corrected chi connectivity index (χ0v) is 17.1. The Morgan fingerprint density at radius 2 is 1.82 bits per heavy atom. The van der Waals surface area contributed by atoms with E-state index in [9.17, 15) is 32.3 Å². The maximum atomic E-state index is 14.6. The van der Waals surface area contributed by atoms with E-state index < -0.39 is 54.5 Å². The lowest BCUT2D eigenvalue weighted by Gasteiger charge is -2.43. The molecule has 4 rings (SSSR count). The molecule has 1 aliphatic heterocycles. The number of carboxylic acid groups (broad SMARTS) is 1. The third-order valence-electron chi connectivity index (χ3n) is 5.88. The molecule has 2 aromatic rings. The molecule has 176 valence electrons. The number of nitrogens with zero attached hydrogens (tertiary/aromatic N) is 1. The number of alkyl halides is 2. The number of hydrogen-bond donors (Lipinski definition) is 2. The van der Waals surface area contributed by atoms with E-state index in [1.54, 1.807) is 24.3 Å². The van der Waals surface area contributed by atoms with Crippen LogP contribution in [-0.2, 0) is 16.0 Å². The second-order valence-corrected chi connectivity index (χ2v) is 7.97. The van der Waals surface area contributed by atoms with E-state index in [2.05, 4.69) is 15.4 Å². The molecule has 11 heteroatoms. The highest BCUT2D eigenvalue weighted by Gasteiger charge is 2.42. The third-order valence-corrected chi connectivity index (χ3v) is 5.88. The molecule has 1 aliphatic carbocycles. The van der Waals surface area contributed by atoms with E-state index in [1.165, 1.54) is 4.90 Å². The number of benzene rings is 2.